The van der Waals surface area contributed by atoms with E-state index in [9.17, 15) is 14.9 Å². The molecule has 44 heavy (non-hydrogen) atoms. The molecule has 0 radical (unpaired) electrons. The number of carbonyl (C=O) groups is 1. The lowest BCUT2D eigenvalue weighted by atomic mass is 9.98. The van der Waals surface area contributed by atoms with Crippen LogP contribution in [-0.4, -0.2) is 15.7 Å². The molecule has 0 unspecified atom stereocenters. The first-order chi connectivity index (χ1) is 21.4. The van der Waals surface area contributed by atoms with Crippen LogP contribution in [0.15, 0.2) is 121 Å². The number of ether oxygens (including phenoxy) is 1. The third-order valence-electron chi connectivity index (χ3n) is 7.56. The van der Waals surface area contributed by atoms with Crippen molar-refractivity contribution in [2.45, 2.75) is 25.9 Å². The van der Waals surface area contributed by atoms with Gasteiger partial charge in [-0.15, -0.1) is 0 Å². The van der Waals surface area contributed by atoms with Crippen LogP contribution in [0.5, 0.6) is 5.75 Å². The molecule has 6 rings (SSSR count). The molecule has 0 aliphatic carbocycles. The van der Waals surface area contributed by atoms with Crippen LogP contribution in [0.4, 0.5) is 11.4 Å². The summed E-state index contributed by atoms with van der Waals surface area (Å²) in [4.78, 5) is 29.3. The molecular formula is C35H27Cl2N3O4. The summed E-state index contributed by atoms with van der Waals surface area (Å²) in [6, 6.07) is 37.1. The average Bonchev–Trinajstić information content (AvgIpc) is 3.04. The fourth-order valence-electron chi connectivity index (χ4n) is 5.41. The van der Waals surface area contributed by atoms with Crippen LogP contribution in [0.3, 0.4) is 0 Å². The van der Waals surface area contributed by atoms with Gasteiger partial charge in [0.15, 0.2) is 0 Å². The summed E-state index contributed by atoms with van der Waals surface area (Å²) < 4.78 is 6.03. The highest BCUT2D eigenvalue weighted by molar-refractivity contribution is 6.35. The molecule has 1 amide bonds. The molecule has 9 heteroatoms. The van der Waals surface area contributed by atoms with E-state index in [1.165, 1.54) is 12.1 Å². The molecule has 1 heterocycles. The Morgan fingerprint density at radius 1 is 0.750 bits per heavy atom. The quantitative estimate of drug-likeness (QED) is 0.121. The van der Waals surface area contributed by atoms with E-state index in [-0.39, 0.29) is 18.2 Å². The van der Waals surface area contributed by atoms with Gasteiger partial charge < -0.3 is 14.5 Å². The van der Waals surface area contributed by atoms with Gasteiger partial charge in [-0.25, -0.2) is 0 Å². The van der Waals surface area contributed by atoms with Crippen LogP contribution in [0, 0.1) is 10.1 Å². The van der Waals surface area contributed by atoms with Crippen LogP contribution in [0.1, 0.15) is 38.8 Å². The van der Waals surface area contributed by atoms with Crippen LogP contribution in [0.25, 0.3) is 0 Å². The molecule has 0 N–H and O–H groups in total. The smallest absolute Gasteiger partial charge is 0.270 e. The number of hydrogen-bond acceptors (Lipinski definition) is 5. The van der Waals surface area contributed by atoms with Crippen molar-refractivity contribution in [1.82, 2.24) is 4.90 Å². The molecule has 0 aromatic heterocycles. The molecule has 5 aromatic rings. The third-order valence-corrected chi connectivity index (χ3v) is 8.15. The van der Waals surface area contributed by atoms with Crippen molar-refractivity contribution in [3.63, 3.8) is 0 Å². The van der Waals surface area contributed by atoms with Gasteiger partial charge in [-0.05, 0) is 47.0 Å². The Hall–Kier alpha value is -4.85. The van der Waals surface area contributed by atoms with E-state index < -0.39 is 11.1 Å². The molecule has 220 valence electrons. The topological polar surface area (TPSA) is 75.9 Å². The minimum Gasteiger partial charge on any atom is -0.489 e. The second-order valence-corrected chi connectivity index (χ2v) is 11.3. The minimum absolute atomic E-state index is 0.128. The van der Waals surface area contributed by atoms with Gasteiger partial charge in [0.1, 0.15) is 18.5 Å². The normalized spacial score (nSPS) is 14.3. The second kappa shape index (κ2) is 12.8. The number of nitro groups is 1. The molecule has 7 nitrogen and oxygen atoms in total. The fraction of sp³-hybridized carbons (Fsp3) is 0.114. The maximum Gasteiger partial charge on any atom is 0.270 e. The molecule has 1 aliphatic heterocycles. The molecule has 5 aromatic carbocycles. The third kappa shape index (κ3) is 6.25. The summed E-state index contributed by atoms with van der Waals surface area (Å²) in [6.07, 6.45) is -0.503. The van der Waals surface area contributed by atoms with E-state index in [0.717, 1.165) is 22.3 Å². The largest absolute Gasteiger partial charge is 0.489 e. The van der Waals surface area contributed by atoms with E-state index in [2.05, 4.69) is 4.90 Å². The molecule has 0 saturated carbocycles. The van der Waals surface area contributed by atoms with Gasteiger partial charge in [-0.3, -0.25) is 14.9 Å². The van der Waals surface area contributed by atoms with Crippen LogP contribution < -0.4 is 9.64 Å². The Morgan fingerprint density at radius 2 is 1.39 bits per heavy atom. The van der Waals surface area contributed by atoms with Crippen LogP contribution >= 0.6 is 23.2 Å². The first kappa shape index (κ1) is 29.2. The van der Waals surface area contributed by atoms with Crippen molar-refractivity contribution in [2.24, 2.45) is 0 Å². The highest BCUT2D eigenvalue weighted by Gasteiger charge is 2.39. The zero-order valence-corrected chi connectivity index (χ0v) is 25.0. The number of carbonyl (C=O) groups excluding carboxylic acids is 1. The summed E-state index contributed by atoms with van der Waals surface area (Å²) in [6.45, 7) is 1.05. The summed E-state index contributed by atoms with van der Waals surface area (Å²) in [5.74, 6) is 0.363. The molecule has 0 bridgehead atoms. The number of hydrogen-bond donors (Lipinski definition) is 0. The van der Waals surface area contributed by atoms with E-state index in [0.29, 0.717) is 40.1 Å². The number of benzene rings is 5. The van der Waals surface area contributed by atoms with Gasteiger partial charge in [-0.1, -0.05) is 102 Å². The lowest BCUT2D eigenvalue weighted by molar-refractivity contribution is -0.384. The van der Waals surface area contributed by atoms with Gasteiger partial charge in [-0.2, -0.15) is 0 Å². The number of halogens is 2. The van der Waals surface area contributed by atoms with Gasteiger partial charge >= 0.3 is 0 Å². The standard InChI is InChI=1S/C35H27Cl2N3O4/c36-28-14-11-27(32(37)19-28)23-44-30-16-12-26(13-17-30)34-38(21-24-7-3-1-4-8-24)33-18-15-29(40(42)43)20-31(33)35(41)39(34)22-25-9-5-2-6-10-25/h1-20,34H,21-23H2/t34-/m0/s1. The number of non-ortho nitro benzene ring substituents is 1. The molecule has 1 aliphatic rings. The molecular weight excluding hydrogens is 597 g/mol. The Bertz CT molecular complexity index is 1800. The number of fused-ring (bicyclic) bond motifs is 1. The first-order valence-electron chi connectivity index (χ1n) is 14.0. The van der Waals surface area contributed by atoms with Gasteiger partial charge in [0.2, 0.25) is 0 Å². The fourth-order valence-corrected chi connectivity index (χ4v) is 5.87. The van der Waals surface area contributed by atoms with Gasteiger partial charge in [0, 0.05) is 40.8 Å². The average molecular weight is 625 g/mol. The number of rotatable bonds is 9. The predicted molar refractivity (Wildman–Crippen MR) is 172 cm³/mol. The Balaban J connectivity index is 1.40. The molecule has 0 spiro atoms. The number of amides is 1. The van der Waals surface area contributed by atoms with Gasteiger partial charge in [0.25, 0.3) is 11.6 Å². The zero-order valence-electron chi connectivity index (χ0n) is 23.5. The lowest BCUT2D eigenvalue weighted by Gasteiger charge is -2.46. The summed E-state index contributed by atoms with van der Waals surface area (Å²) >= 11 is 12.4. The predicted octanol–water partition coefficient (Wildman–Crippen LogP) is 8.84. The molecule has 1 atom stereocenters. The molecule has 0 saturated heterocycles. The molecule has 0 fully saturated rings. The zero-order chi connectivity index (χ0) is 30.6. The summed E-state index contributed by atoms with van der Waals surface area (Å²) in [7, 11) is 0. The van der Waals surface area contributed by atoms with Crippen molar-refractivity contribution >= 4 is 40.5 Å². The Labute approximate surface area is 265 Å². The maximum absolute atomic E-state index is 14.2. The Kier molecular flexibility index (Phi) is 8.50. The highest BCUT2D eigenvalue weighted by atomic mass is 35.5. The van der Waals surface area contributed by atoms with Crippen molar-refractivity contribution in [2.75, 3.05) is 4.90 Å². The van der Waals surface area contributed by atoms with Crippen LogP contribution in [-0.2, 0) is 19.7 Å². The van der Waals surface area contributed by atoms with Crippen molar-refractivity contribution in [3.05, 3.63) is 169 Å². The monoisotopic (exact) mass is 623 g/mol. The van der Waals surface area contributed by atoms with Crippen molar-refractivity contribution < 1.29 is 14.5 Å². The number of nitrogens with zero attached hydrogens (tertiary/aromatic N) is 3. The van der Waals surface area contributed by atoms with E-state index in [1.54, 1.807) is 23.1 Å². The SMILES string of the molecule is O=C1c2cc([N+](=O)[O-])ccc2N(Cc2ccccc2)[C@H](c2ccc(OCc3ccc(Cl)cc3Cl)cc2)N1Cc1ccccc1. The highest BCUT2D eigenvalue weighted by Crippen LogP contribution is 2.42. The number of nitro benzene ring substituents is 1. The van der Waals surface area contributed by atoms with Gasteiger partial charge in [0.05, 0.1) is 16.2 Å². The first-order valence-corrected chi connectivity index (χ1v) is 14.7. The summed E-state index contributed by atoms with van der Waals surface area (Å²) in [5, 5.41) is 12.8. The number of anilines is 1. The second-order valence-electron chi connectivity index (χ2n) is 10.5. The van der Waals surface area contributed by atoms with E-state index in [4.69, 9.17) is 27.9 Å². The van der Waals surface area contributed by atoms with E-state index in [1.807, 2.05) is 91.0 Å². The van der Waals surface area contributed by atoms with E-state index >= 15 is 0 Å². The van der Waals surface area contributed by atoms with Crippen molar-refractivity contribution in [1.29, 1.82) is 0 Å². The minimum atomic E-state index is -0.503. The summed E-state index contributed by atoms with van der Waals surface area (Å²) in [5.41, 5.74) is 4.46. The van der Waals surface area contributed by atoms with Crippen molar-refractivity contribution in [3.8, 4) is 5.75 Å². The maximum atomic E-state index is 14.2. The lowest BCUT2D eigenvalue weighted by Crippen LogP contribution is -2.48. The van der Waals surface area contributed by atoms with Crippen LogP contribution in [0.2, 0.25) is 10.0 Å². The Morgan fingerprint density at radius 3 is 2.00 bits per heavy atom.